The number of carbonyl (C=O) groups is 1. The summed E-state index contributed by atoms with van der Waals surface area (Å²) in [6.07, 6.45) is 0. The SMILES string of the molecule is COc1ccc(N2CCN(c3cc(C(=O)O)c4cc(NS(=O)(=O)c5ccc(OC)cc5)ccc4n3)CC2)cc1. The van der Waals surface area contributed by atoms with E-state index in [-0.39, 0.29) is 16.1 Å². The number of ether oxygens (including phenoxy) is 2. The highest BCUT2D eigenvalue weighted by Gasteiger charge is 2.22. The summed E-state index contributed by atoms with van der Waals surface area (Å²) < 4.78 is 38.6. The number of nitrogens with one attached hydrogen (secondary N) is 1. The van der Waals surface area contributed by atoms with Crippen molar-refractivity contribution in [1.82, 2.24) is 4.98 Å². The summed E-state index contributed by atoms with van der Waals surface area (Å²) in [7, 11) is -0.756. The van der Waals surface area contributed by atoms with E-state index >= 15 is 0 Å². The van der Waals surface area contributed by atoms with E-state index in [0.29, 0.717) is 35.6 Å². The minimum Gasteiger partial charge on any atom is -0.497 e. The van der Waals surface area contributed by atoms with Crippen LogP contribution in [0.15, 0.2) is 77.7 Å². The van der Waals surface area contributed by atoms with Crippen LogP contribution >= 0.6 is 0 Å². The van der Waals surface area contributed by atoms with E-state index in [1.807, 2.05) is 24.3 Å². The molecule has 2 N–H and O–H groups in total. The molecule has 1 saturated heterocycles. The van der Waals surface area contributed by atoms with Gasteiger partial charge in [-0.3, -0.25) is 4.72 Å². The van der Waals surface area contributed by atoms with Crippen molar-refractivity contribution in [2.24, 2.45) is 0 Å². The summed E-state index contributed by atoms with van der Waals surface area (Å²) in [6, 6.07) is 20.1. The zero-order valence-corrected chi connectivity index (χ0v) is 22.3. The number of anilines is 3. The number of aromatic nitrogens is 1. The number of aromatic carboxylic acids is 1. The molecule has 0 spiro atoms. The number of carboxylic acid groups (broad SMARTS) is 1. The Bertz CT molecular complexity index is 1600. The highest BCUT2D eigenvalue weighted by molar-refractivity contribution is 7.92. The standard InChI is InChI=1S/C28H28N4O6S/c1-37-21-6-4-20(5-7-21)31-13-15-32(16-14-31)27-18-25(28(33)34)24-17-19(3-12-26(24)29-27)30-39(35,36)23-10-8-22(38-2)9-11-23/h3-12,17-18,30H,13-16H2,1-2H3,(H,33,34). The van der Waals surface area contributed by atoms with Crippen LogP contribution in [-0.2, 0) is 10.0 Å². The molecule has 1 aliphatic heterocycles. The highest BCUT2D eigenvalue weighted by Crippen LogP contribution is 2.29. The summed E-state index contributed by atoms with van der Waals surface area (Å²) in [5, 5.41) is 10.3. The van der Waals surface area contributed by atoms with Gasteiger partial charge in [0.1, 0.15) is 17.3 Å². The molecule has 11 heteroatoms. The maximum absolute atomic E-state index is 12.9. The Hall–Kier alpha value is -4.51. The lowest BCUT2D eigenvalue weighted by molar-refractivity contribution is 0.0699. The monoisotopic (exact) mass is 548 g/mol. The second-order valence-corrected chi connectivity index (χ2v) is 10.7. The van der Waals surface area contributed by atoms with Crippen LogP contribution in [0.1, 0.15) is 10.4 Å². The second-order valence-electron chi connectivity index (χ2n) is 9.02. The minimum absolute atomic E-state index is 0.0538. The molecule has 0 saturated carbocycles. The van der Waals surface area contributed by atoms with Crippen molar-refractivity contribution >= 4 is 44.1 Å². The molecule has 1 aromatic heterocycles. The smallest absolute Gasteiger partial charge is 0.336 e. The summed E-state index contributed by atoms with van der Waals surface area (Å²) in [5.74, 6) is 0.793. The first-order valence-electron chi connectivity index (χ1n) is 12.3. The lowest BCUT2D eigenvalue weighted by Gasteiger charge is -2.37. The Morgan fingerprint density at radius 3 is 2.03 bits per heavy atom. The molecular weight excluding hydrogens is 520 g/mol. The Morgan fingerprint density at radius 1 is 0.846 bits per heavy atom. The van der Waals surface area contributed by atoms with E-state index < -0.39 is 16.0 Å². The zero-order valence-electron chi connectivity index (χ0n) is 21.5. The number of piperazine rings is 1. The first-order valence-corrected chi connectivity index (χ1v) is 13.7. The molecule has 1 aliphatic rings. The van der Waals surface area contributed by atoms with Crippen molar-refractivity contribution < 1.29 is 27.8 Å². The zero-order chi connectivity index (χ0) is 27.6. The molecule has 0 radical (unpaired) electrons. The normalized spacial score (nSPS) is 13.8. The summed E-state index contributed by atoms with van der Waals surface area (Å²) in [4.78, 5) is 21.3. The molecular formula is C28H28N4O6S. The number of methoxy groups -OCH3 is 2. The van der Waals surface area contributed by atoms with Gasteiger partial charge in [0.25, 0.3) is 10.0 Å². The van der Waals surface area contributed by atoms with Gasteiger partial charge in [-0.15, -0.1) is 0 Å². The summed E-state index contributed by atoms with van der Waals surface area (Å²) in [5.41, 5.74) is 1.86. The molecule has 0 atom stereocenters. The molecule has 0 aliphatic carbocycles. The summed E-state index contributed by atoms with van der Waals surface area (Å²) in [6.45, 7) is 2.84. The molecule has 0 bridgehead atoms. The number of hydrogen-bond donors (Lipinski definition) is 2. The predicted molar refractivity (Wildman–Crippen MR) is 150 cm³/mol. The third-order valence-electron chi connectivity index (χ3n) is 6.69. The van der Waals surface area contributed by atoms with Gasteiger partial charge in [-0.05, 0) is 72.8 Å². The first-order chi connectivity index (χ1) is 18.8. The molecule has 39 heavy (non-hydrogen) atoms. The fourth-order valence-electron chi connectivity index (χ4n) is 4.57. The molecule has 10 nitrogen and oxygen atoms in total. The quantitative estimate of drug-likeness (QED) is 0.335. The third kappa shape index (κ3) is 5.53. The molecule has 5 rings (SSSR count). The van der Waals surface area contributed by atoms with Crippen LogP contribution in [0.3, 0.4) is 0 Å². The van der Waals surface area contributed by atoms with E-state index in [9.17, 15) is 18.3 Å². The molecule has 1 fully saturated rings. The van der Waals surface area contributed by atoms with Crippen molar-refractivity contribution in [1.29, 1.82) is 0 Å². The van der Waals surface area contributed by atoms with Crippen LogP contribution in [0.2, 0.25) is 0 Å². The Balaban J connectivity index is 1.37. The first kappa shape index (κ1) is 26.1. The molecule has 202 valence electrons. The summed E-state index contributed by atoms with van der Waals surface area (Å²) >= 11 is 0. The van der Waals surface area contributed by atoms with Gasteiger partial charge in [0.15, 0.2) is 0 Å². The van der Waals surface area contributed by atoms with Gasteiger partial charge >= 0.3 is 5.97 Å². The number of hydrogen-bond acceptors (Lipinski definition) is 8. The number of pyridine rings is 1. The predicted octanol–water partition coefficient (Wildman–Crippen LogP) is 4.08. The van der Waals surface area contributed by atoms with Gasteiger partial charge in [-0.1, -0.05) is 0 Å². The molecule has 4 aromatic rings. The van der Waals surface area contributed by atoms with Crippen LogP contribution in [0.25, 0.3) is 10.9 Å². The average molecular weight is 549 g/mol. The van der Waals surface area contributed by atoms with Crippen molar-refractivity contribution in [3.63, 3.8) is 0 Å². The minimum atomic E-state index is -3.89. The van der Waals surface area contributed by atoms with Crippen LogP contribution in [0, 0.1) is 0 Å². The maximum atomic E-state index is 12.9. The number of carboxylic acids is 1. The van der Waals surface area contributed by atoms with Gasteiger partial charge in [-0.25, -0.2) is 18.2 Å². The van der Waals surface area contributed by atoms with E-state index in [1.54, 1.807) is 37.4 Å². The van der Waals surface area contributed by atoms with Gasteiger partial charge < -0.3 is 24.4 Å². The van der Waals surface area contributed by atoms with Crippen molar-refractivity contribution in [2.75, 3.05) is 54.9 Å². The number of nitrogens with zero attached hydrogens (tertiary/aromatic N) is 3. The maximum Gasteiger partial charge on any atom is 0.336 e. The van der Waals surface area contributed by atoms with Crippen molar-refractivity contribution in [3.05, 3.63) is 78.4 Å². The van der Waals surface area contributed by atoms with E-state index in [0.717, 1.165) is 24.5 Å². The van der Waals surface area contributed by atoms with Crippen LogP contribution < -0.4 is 24.0 Å². The van der Waals surface area contributed by atoms with Crippen LogP contribution in [0.5, 0.6) is 11.5 Å². The molecule has 3 aromatic carbocycles. The fourth-order valence-corrected chi connectivity index (χ4v) is 5.62. The van der Waals surface area contributed by atoms with Gasteiger partial charge in [0.05, 0.1) is 30.2 Å². The fraction of sp³-hybridized carbons (Fsp3) is 0.214. The number of sulfonamides is 1. The molecule has 0 unspecified atom stereocenters. The lowest BCUT2D eigenvalue weighted by Crippen LogP contribution is -2.46. The molecule has 2 heterocycles. The number of benzene rings is 3. The van der Waals surface area contributed by atoms with Crippen LogP contribution in [-0.4, -0.2) is 64.9 Å². The third-order valence-corrected chi connectivity index (χ3v) is 8.09. The average Bonchev–Trinajstić information content (AvgIpc) is 2.96. The van der Waals surface area contributed by atoms with E-state index in [2.05, 4.69) is 14.5 Å². The highest BCUT2D eigenvalue weighted by atomic mass is 32.2. The van der Waals surface area contributed by atoms with Crippen molar-refractivity contribution in [2.45, 2.75) is 4.90 Å². The van der Waals surface area contributed by atoms with Gasteiger partial charge in [0.2, 0.25) is 0 Å². The number of rotatable bonds is 8. The van der Waals surface area contributed by atoms with Crippen molar-refractivity contribution in [3.8, 4) is 11.5 Å². The van der Waals surface area contributed by atoms with Gasteiger partial charge in [-0.2, -0.15) is 0 Å². The Kier molecular flexibility index (Phi) is 7.16. The molecule has 0 amide bonds. The second kappa shape index (κ2) is 10.7. The topological polar surface area (TPSA) is 121 Å². The lowest BCUT2D eigenvalue weighted by atomic mass is 10.1. The Labute approximate surface area is 226 Å². The van der Waals surface area contributed by atoms with E-state index in [1.165, 1.54) is 25.3 Å². The largest absolute Gasteiger partial charge is 0.497 e. The Morgan fingerprint density at radius 2 is 1.44 bits per heavy atom. The van der Waals surface area contributed by atoms with E-state index in [4.69, 9.17) is 14.5 Å². The van der Waals surface area contributed by atoms with Crippen LogP contribution in [0.4, 0.5) is 17.2 Å². The van der Waals surface area contributed by atoms with Gasteiger partial charge in [0, 0.05) is 42.9 Å². The number of fused-ring (bicyclic) bond motifs is 1.